The van der Waals surface area contributed by atoms with Gasteiger partial charge in [-0.1, -0.05) is 27.7 Å². The summed E-state index contributed by atoms with van der Waals surface area (Å²) in [6, 6.07) is -0.875. The second-order valence-corrected chi connectivity index (χ2v) is 18.2. The third-order valence-corrected chi connectivity index (χ3v) is 13.0. The lowest BCUT2D eigenvalue weighted by atomic mass is 9.75. The first-order valence-electron chi connectivity index (χ1n) is 20.9. The minimum absolute atomic E-state index is 0.0928. The van der Waals surface area contributed by atoms with Crippen molar-refractivity contribution in [1.29, 1.82) is 0 Å². The highest BCUT2D eigenvalue weighted by Crippen LogP contribution is 2.43. The Morgan fingerprint density at radius 1 is 1.05 bits per heavy atom. The number of hydrogen-bond donors (Lipinski definition) is 7. The van der Waals surface area contributed by atoms with Gasteiger partial charge in [0.2, 0.25) is 0 Å². The van der Waals surface area contributed by atoms with Gasteiger partial charge in [0, 0.05) is 38.1 Å². The first-order chi connectivity index (χ1) is 25.9. The molecule has 3 saturated heterocycles. The van der Waals surface area contributed by atoms with Crippen molar-refractivity contribution >= 4 is 5.97 Å². The molecule has 0 saturated carbocycles. The molecule has 3 fully saturated rings. The lowest BCUT2D eigenvalue weighted by Gasteiger charge is -2.53. The fraction of sp³-hybridized carbons (Fsp3) is 0.976. The van der Waals surface area contributed by atoms with E-state index in [0.717, 1.165) is 6.42 Å². The summed E-state index contributed by atoms with van der Waals surface area (Å²) in [7, 11) is 5.31. The highest BCUT2D eigenvalue weighted by atomic mass is 16.7. The van der Waals surface area contributed by atoms with Crippen molar-refractivity contribution in [3.8, 4) is 0 Å². The molecule has 330 valence electrons. The van der Waals surface area contributed by atoms with E-state index in [2.05, 4.69) is 10.6 Å². The van der Waals surface area contributed by atoms with Gasteiger partial charge in [-0.3, -0.25) is 4.79 Å². The zero-order chi connectivity index (χ0) is 42.6. The van der Waals surface area contributed by atoms with Gasteiger partial charge in [0.1, 0.15) is 29.0 Å². The Morgan fingerprint density at radius 2 is 1.70 bits per heavy atom. The van der Waals surface area contributed by atoms with Crippen molar-refractivity contribution < 1.29 is 58.7 Å². The summed E-state index contributed by atoms with van der Waals surface area (Å²) in [5.41, 5.74) is -5.93. The summed E-state index contributed by atoms with van der Waals surface area (Å²) >= 11 is 0. The first-order valence-corrected chi connectivity index (χ1v) is 20.9. The van der Waals surface area contributed by atoms with Crippen molar-refractivity contribution in [2.24, 2.45) is 17.8 Å². The molecule has 0 aromatic rings. The summed E-state index contributed by atoms with van der Waals surface area (Å²) in [5.74, 6) is -2.67. The molecule has 0 radical (unpaired) electrons. The number of nitrogens with one attached hydrogen (secondary N) is 2. The number of aliphatic hydroxyl groups is 5. The second-order valence-electron chi connectivity index (χ2n) is 18.2. The number of carbonyl (C=O) groups excluding carboxylic acids is 1. The average molecular weight is 806 g/mol. The summed E-state index contributed by atoms with van der Waals surface area (Å²) in [5, 5.41) is 65.4. The van der Waals surface area contributed by atoms with Gasteiger partial charge in [-0.25, -0.2) is 0 Å². The first kappa shape index (κ1) is 49.3. The van der Waals surface area contributed by atoms with E-state index < -0.39 is 95.5 Å². The minimum atomic E-state index is -1.81. The van der Waals surface area contributed by atoms with Crippen molar-refractivity contribution in [2.45, 2.75) is 198 Å². The molecule has 0 amide bonds. The Kier molecular flexibility index (Phi) is 17.6. The molecule has 0 aromatic heterocycles. The van der Waals surface area contributed by atoms with Gasteiger partial charge in [-0.05, 0) is 107 Å². The fourth-order valence-electron chi connectivity index (χ4n) is 9.21. The van der Waals surface area contributed by atoms with Crippen molar-refractivity contribution in [3.63, 3.8) is 0 Å². The normalized spacial score (nSPS) is 45.2. The van der Waals surface area contributed by atoms with E-state index in [4.69, 9.17) is 28.4 Å². The number of esters is 1. The quantitative estimate of drug-likeness (QED) is 0.105. The van der Waals surface area contributed by atoms with Crippen LogP contribution < -0.4 is 10.6 Å². The maximum Gasteiger partial charge on any atom is 0.311 e. The van der Waals surface area contributed by atoms with Crippen LogP contribution in [0.1, 0.15) is 108 Å². The molecule has 18 atom stereocenters. The van der Waals surface area contributed by atoms with Crippen molar-refractivity contribution in [1.82, 2.24) is 15.5 Å². The Balaban J connectivity index is 2.16. The molecule has 7 N–H and O–H groups in total. The van der Waals surface area contributed by atoms with E-state index in [0.29, 0.717) is 19.5 Å². The zero-order valence-corrected chi connectivity index (χ0v) is 36.8. The molecule has 0 aromatic carbocycles. The summed E-state index contributed by atoms with van der Waals surface area (Å²) < 4.78 is 38.4. The minimum Gasteiger partial charge on any atom is -0.457 e. The second kappa shape index (κ2) is 20.0. The average Bonchev–Trinajstić information content (AvgIpc) is 3.12. The summed E-state index contributed by atoms with van der Waals surface area (Å²) in [6.07, 6.45) is -6.62. The Hall–Kier alpha value is -1.05. The Labute approximate surface area is 336 Å². The van der Waals surface area contributed by atoms with Crippen LogP contribution in [-0.4, -0.2) is 167 Å². The topological polar surface area (TPSA) is 201 Å². The Morgan fingerprint density at radius 3 is 2.27 bits per heavy atom. The van der Waals surface area contributed by atoms with E-state index in [1.807, 2.05) is 53.6 Å². The van der Waals surface area contributed by atoms with Crippen LogP contribution in [0.15, 0.2) is 0 Å². The molecule has 3 rings (SSSR count). The van der Waals surface area contributed by atoms with E-state index in [1.165, 1.54) is 14.0 Å². The van der Waals surface area contributed by atoms with E-state index in [9.17, 15) is 30.3 Å². The van der Waals surface area contributed by atoms with Gasteiger partial charge >= 0.3 is 5.97 Å². The zero-order valence-electron chi connectivity index (χ0n) is 36.8. The summed E-state index contributed by atoms with van der Waals surface area (Å²) in [4.78, 5) is 16.4. The lowest BCUT2D eigenvalue weighted by Crippen LogP contribution is -2.70. The van der Waals surface area contributed by atoms with E-state index >= 15 is 0 Å². The van der Waals surface area contributed by atoms with Crippen molar-refractivity contribution in [3.05, 3.63) is 0 Å². The predicted molar refractivity (Wildman–Crippen MR) is 212 cm³/mol. The third-order valence-electron chi connectivity index (χ3n) is 13.0. The maximum absolute atomic E-state index is 14.5. The lowest BCUT2D eigenvalue weighted by molar-refractivity contribution is -0.336. The van der Waals surface area contributed by atoms with Crippen LogP contribution in [0.5, 0.6) is 0 Å². The van der Waals surface area contributed by atoms with Gasteiger partial charge in [0.15, 0.2) is 12.6 Å². The van der Waals surface area contributed by atoms with Gasteiger partial charge in [-0.2, -0.15) is 0 Å². The number of rotatable bonds is 13. The largest absolute Gasteiger partial charge is 0.457 e. The molecule has 0 spiro atoms. The summed E-state index contributed by atoms with van der Waals surface area (Å²) in [6.45, 7) is 20.9. The van der Waals surface area contributed by atoms with Gasteiger partial charge < -0.3 is 69.5 Å². The molecule has 3 heterocycles. The molecule has 0 bridgehead atoms. The highest BCUT2D eigenvalue weighted by Gasteiger charge is 2.58. The third kappa shape index (κ3) is 11.0. The number of hydrogen-bond acceptors (Lipinski definition) is 15. The van der Waals surface area contributed by atoms with Crippen LogP contribution in [0.4, 0.5) is 0 Å². The molecular weight excluding hydrogens is 726 g/mol. The van der Waals surface area contributed by atoms with Gasteiger partial charge in [-0.15, -0.1) is 0 Å². The van der Waals surface area contributed by atoms with Crippen LogP contribution in [0, 0.1) is 17.8 Å². The molecular formula is C41H79N3O12. The van der Waals surface area contributed by atoms with Crippen LogP contribution in [0.2, 0.25) is 0 Å². The SMILES string of the molecule is CCCNC[C@]1(O)[C@H](C)O[C@@H](O[C@H]2[C@H](C)[C@@H](O[C@@H]3O[C@H](C)C[C@H](N(C)C)[C@H]3O)[C@](C)(O)C[C@@H](C)CN[C@H](C)C([C@](C)(O)[C@@H](O)CC)OC(=O)[C@@H]2C)C[C@@]1(C)OC. The number of ether oxygens (including phenoxy) is 6. The smallest absolute Gasteiger partial charge is 0.311 e. The highest BCUT2D eigenvalue weighted by molar-refractivity contribution is 5.73. The molecule has 0 aliphatic carbocycles. The van der Waals surface area contributed by atoms with Crippen LogP contribution in [0.25, 0.3) is 0 Å². The molecule has 3 aliphatic rings. The molecule has 1 unspecified atom stereocenters. The number of carbonyl (C=O) groups is 1. The van der Waals surface area contributed by atoms with Crippen LogP contribution >= 0.6 is 0 Å². The van der Waals surface area contributed by atoms with Gasteiger partial charge in [0.05, 0.1) is 42.0 Å². The molecule has 56 heavy (non-hydrogen) atoms. The van der Waals surface area contributed by atoms with E-state index in [-0.39, 0.29) is 43.9 Å². The standard InChI is InChI=1S/C41H79N3O12/c1-15-17-42-22-41(50)28(8)53-31(20-39(41,10)51-14)54-33-25(5)34(56-37-32(46)29(44(12)13)18-24(4)52-37)38(9,48)19-23(3)21-43-27(7)35(55-36(47)26(33)6)40(11,49)30(45)16-2/h23-35,37,42-43,45-46,48-50H,15-22H2,1-14H3/t23-,24-,25+,26-,27-,28+,29+,30+,31+,32-,33+,34-,35?,37+,38-,39-,40-,41+/m1/s1. The van der Waals surface area contributed by atoms with Crippen LogP contribution in [-0.2, 0) is 33.2 Å². The number of methoxy groups -OCH3 is 1. The Bertz CT molecular complexity index is 1230. The molecule has 3 aliphatic heterocycles. The predicted octanol–water partition coefficient (Wildman–Crippen LogP) is 1.93. The molecule has 15 nitrogen and oxygen atoms in total. The number of cyclic esters (lactones) is 1. The number of likely N-dealkylation sites (N-methyl/N-ethyl adjacent to an activating group) is 1. The van der Waals surface area contributed by atoms with Crippen LogP contribution in [0.3, 0.4) is 0 Å². The number of nitrogens with zero attached hydrogens (tertiary/aromatic N) is 1. The van der Waals surface area contributed by atoms with E-state index in [1.54, 1.807) is 34.6 Å². The fourth-order valence-corrected chi connectivity index (χ4v) is 9.21. The van der Waals surface area contributed by atoms with Crippen molar-refractivity contribution in [2.75, 3.05) is 40.8 Å². The van der Waals surface area contributed by atoms with Gasteiger partial charge in [0.25, 0.3) is 0 Å². The molecule has 15 heteroatoms. The number of aliphatic hydroxyl groups excluding tert-OH is 2. The maximum atomic E-state index is 14.5. The monoisotopic (exact) mass is 806 g/mol.